The van der Waals surface area contributed by atoms with Crippen LogP contribution in [0.3, 0.4) is 0 Å². The Morgan fingerprint density at radius 3 is 2.28 bits per heavy atom. The highest BCUT2D eigenvalue weighted by Crippen LogP contribution is 2.29. The number of hydrogen-bond acceptors (Lipinski definition) is 6. The number of nitrogens with two attached hydrogens (primary N) is 1. The third-order valence-electron chi connectivity index (χ3n) is 4.84. The van der Waals surface area contributed by atoms with Crippen molar-refractivity contribution in [1.29, 1.82) is 0 Å². The molecular weight excluding hydrogens is 398 g/mol. The molecule has 0 aromatic heterocycles. The Morgan fingerprint density at radius 1 is 1.10 bits per heavy atom. The molecule has 1 aromatic carbocycles. The number of nitrogens with one attached hydrogen (secondary N) is 2. The van der Waals surface area contributed by atoms with Crippen LogP contribution in [-0.4, -0.2) is 44.9 Å². The van der Waals surface area contributed by atoms with Gasteiger partial charge in [0, 0.05) is 13.5 Å². The number of primary sulfonamides is 1. The van der Waals surface area contributed by atoms with E-state index in [2.05, 4.69) is 10.6 Å². The van der Waals surface area contributed by atoms with E-state index >= 15 is 0 Å². The molecule has 1 aromatic rings. The molecule has 29 heavy (non-hydrogen) atoms. The van der Waals surface area contributed by atoms with E-state index in [-0.39, 0.29) is 10.8 Å². The Bertz CT molecular complexity index is 845. The highest BCUT2D eigenvalue weighted by molar-refractivity contribution is 7.89. The van der Waals surface area contributed by atoms with Gasteiger partial charge in [0.05, 0.1) is 4.90 Å². The number of carbonyl (C=O) groups is 3. The van der Waals surface area contributed by atoms with Crippen molar-refractivity contribution in [3.63, 3.8) is 0 Å². The fourth-order valence-electron chi connectivity index (χ4n) is 3.38. The van der Waals surface area contributed by atoms with E-state index in [9.17, 15) is 22.8 Å². The van der Waals surface area contributed by atoms with Crippen LogP contribution in [0, 0.1) is 0 Å². The molecule has 1 aliphatic carbocycles. The topological polar surface area (TPSA) is 145 Å². The minimum Gasteiger partial charge on any atom is -0.454 e. The van der Waals surface area contributed by atoms with Crippen molar-refractivity contribution >= 4 is 27.8 Å². The first-order valence-electron chi connectivity index (χ1n) is 9.47. The van der Waals surface area contributed by atoms with E-state index in [1.54, 1.807) is 12.1 Å². The zero-order valence-corrected chi connectivity index (χ0v) is 17.2. The summed E-state index contributed by atoms with van der Waals surface area (Å²) in [6, 6.07) is 6.04. The van der Waals surface area contributed by atoms with E-state index in [1.807, 2.05) is 0 Å². The monoisotopic (exact) mass is 425 g/mol. The van der Waals surface area contributed by atoms with Gasteiger partial charge in [-0.05, 0) is 37.0 Å². The van der Waals surface area contributed by atoms with Gasteiger partial charge >= 0.3 is 5.97 Å². The normalized spacial score (nSPS) is 15.9. The predicted molar refractivity (Wildman–Crippen MR) is 105 cm³/mol. The molecule has 0 saturated heterocycles. The minimum absolute atomic E-state index is 0.0213. The maximum Gasteiger partial charge on any atom is 0.332 e. The van der Waals surface area contributed by atoms with Gasteiger partial charge in [0.1, 0.15) is 5.54 Å². The van der Waals surface area contributed by atoms with E-state index in [4.69, 9.17) is 9.88 Å². The van der Waals surface area contributed by atoms with E-state index in [0.29, 0.717) is 25.8 Å². The SMILES string of the molecule is CC(=O)NC1(C(=O)OCC(=O)NCCc2ccc(S(N)(=O)=O)cc2)CCCCC1. The third kappa shape index (κ3) is 6.82. The number of esters is 1. The fourth-order valence-corrected chi connectivity index (χ4v) is 3.90. The molecule has 0 atom stereocenters. The summed E-state index contributed by atoms with van der Waals surface area (Å²) in [6.07, 6.45) is 4.09. The van der Waals surface area contributed by atoms with Crippen LogP contribution in [0.15, 0.2) is 29.2 Å². The molecule has 4 N–H and O–H groups in total. The molecule has 1 fully saturated rings. The van der Waals surface area contributed by atoms with Crippen LogP contribution in [-0.2, 0) is 35.6 Å². The standard InChI is InChI=1S/C19H27N3O6S/c1-14(23)22-19(10-3-2-4-11-19)18(25)28-13-17(24)21-12-9-15-5-7-16(8-6-15)29(20,26)27/h5-8H,2-4,9-13H2,1H3,(H,21,24)(H,22,23)(H2,20,26,27). The molecule has 0 radical (unpaired) electrons. The Labute approximate surface area is 170 Å². The van der Waals surface area contributed by atoms with Crippen LogP contribution in [0.2, 0.25) is 0 Å². The summed E-state index contributed by atoms with van der Waals surface area (Å²) in [7, 11) is -3.74. The number of carbonyl (C=O) groups excluding carboxylic acids is 3. The average molecular weight is 426 g/mol. The van der Waals surface area contributed by atoms with E-state index < -0.39 is 34.0 Å². The van der Waals surface area contributed by atoms with Crippen molar-refractivity contribution in [2.75, 3.05) is 13.2 Å². The average Bonchev–Trinajstić information content (AvgIpc) is 2.66. The van der Waals surface area contributed by atoms with Gasteiger partial charge in [-0.15, -0.1) is 0 Å². The summed E-state index contributed by atoms with van der Waals surface area (Å²) in [4.78, 5) is 35.9. The summed E-state index contributed by atoms with van der Waals surface area (Å²) in [5, 5.41) is 10.4. The zero-order valence-electron chi connectivity index (χ0n) is 16.4. The second kappa shape index (κ2) is 9.84. The van der Waals surface area contributed by atoms with Gasteiger partial charge in [-0.2, -0.15) is 0 Å². The first-order valence-corrected chi connectivity index (χ1v) is 11.0. The molecule has 9 nitrogen and oxygen atoms in total. The Hall–Kier alpha value is -2.46. The maximum absolute atomic E-state index is 12.5. The smallest absolute Gasteiger partial charge is 0.332 e. The van der Waals surface area contributed by atoms with Crippen LogP contribution < -0.4 is 15.8 Å². The summed E-state index contributed by atoms with van der Waals surface area (Å²) in [5.74, 6) is -1.34. The van der Waals surface area contributed by atoms with E-state index in [1.165, 1.54) is 19.1 Å². The Morgan fingerprint density at radius 2 is 1.72 bits per heavy atom. The molecule has 1 saturated carbocycles. The van der Waals surface area contributed by atoms with Gasteiger partial charge in [0.15, 0.2) is 6.61 Å². The molecule has 10 heteroatoms. The summed E-state index contributed by atoms with van der Waals surface area (Å²) < 4.78 is 27.6. The highest BCUT2D eigenvalue weighted by atomic mass is 32.2. The van der Waals surface area contributed by atoms with Crippen molar-refractivity contribution in [2.24, 2.45) is 5.14 Å². The molecule has 160 valence electrons. The zero-order chi connectivity index (χ0) is 21.5. The van der Waals surface area contributed by atoms with Crippen LogP contribution in [0.4, 0.5) is 0 Å². The predicted octanol–water partition coefficient (Wildman–Crippen LogP) is 0.375. The number of hydrogen-bond donors (Lipinski definition) is 3. The lowest BCUT2D eigenvalue weighted by atomic mass is 9.81. The molecule has 1 aliphatic rings. The van der Waals surface area contributed by atoms with Gasteiger partial charge < -0.3 is 15.4 Å². The van der Waals surface area contributed by atoms with Crippen molar-refractivity contribution < 1.29 is 27.5 Å². The van der Waals surface area contributed by atoms with Crippen LogP contribution in [0.25, 0.3) is 0 Å². The van der Waals surface area contributed by atoms with Crippen LogP contribution in [0.5, 0.6) is 0 Å². The summed E-state index contributed by atoms with van der Waals surface area (Å²) in [6.45, 7) is 1.22. The van der Waals surface area contributed by atoms with Gasteiger partial charge in [-0.25, -0.2) is 18.4 Å². The third-order valence-corrected chi connectivity index (χ3v) is 5.76. The molecule has 0 aliphatic heterocycles. The van der Waals surface area contributed by atoms with Gasteiger partial charge in [-0.1, -0.05) is 31.4 Å². The Kier molecular flexibility index (Phi) is 7.74. The number of benzene rings is 1. The van der Waals surface area contributed by atoms with Crippen molar-refractivity contribution in [3.8, 4) is 0 Å². The maximum atomic E-state index is 12.5. The van der Waals surface area contributed by atoms with E-state index in [0.717, 1.165) is 24.8 Å². The second-order valence-electron chi connectivity index (χ2n) is 7.19. The quantitative estimate of drug-likeness (QED) is 0.513. The summed E-state index contributed by atoms with van der Waals surface area (Å²) >= 11 is 0. The lowest BCUT2D eigenvalue weighted by molar-refractivity contribution is -0.158. The first kappa shape index (κ1) is 22.8. The minimum atomic E-state index is -3.74. The second-order valence-corrected chi connectivity index (χ2v) is 8.75. The Balaban J connectivity index is 1.78. The van der Waals surface area contributed by atoms with Crippen LogP contribution in [0.1, 0.15) is 44.6 Å². The fraction of sp³-hybridized carbons (Fsp3) is 0.526. The number of amides is 2. The molecule has 0 heterocycles. The van der Waals surface area contributed by atoms with Gasteiger partial charge in [0.25, 0.3) is 5.91 Å². The van der Waals surface area contributed by atoms with Crippen LogP contribution >= 0.6 is 0 Å². The van der Waals surface area contributed by atoms with Gasteiger partial charge in [0.2, 0.25) is 15.9 Å². The number of sulfonamides is 1. The molecule has 0 spiro atoms. The number of ether oxygens (including phenoxy) is 1. The van der Waals surface area contributed by atoms with Crippen molar-refractivity contribution in [2.45, 2.75) is 55.9 Å². The number of rotatable bonds is 8. The largest absolute Gasteiger partial charge is 0.454 e. The molecule has 0 unspecified atom stereocenters. The summed E-state index contributed by atoms with van der Waals surface area (Å²) in [5.41, 5.74) is -0.225. The lowest BCUT2D eigenvalue weighted by Crippen LogP contribution is -2.56. The first-order chi connectivity index (χ1) is 13.6. The van der Waals surface area contributed by atoms with Gasteiger partial charge in [-0.3, -0.25) is 9.59 Å². The van der Waals surface area contributed by atoms with Crippen molar-refractivity contribution in [1.82, 2.24) is 10.6 Å². The highest BCUT2D eigenvalue weighted by Gasteiger charge is 2.41. The molecular formula is C19H27N3O6S. The molecule has 2 amide bonds. The van der Waals surface area contributed by atoms with Crippen molar-refractivity contribution in [3.05, 3.63) is 29.8 Å². The molecule has 0 bridgehead atoms. The molecule has 2 rings (SSSR count). The lowest BCUT2D eigenvalue weighted by Gasteiger charge is -2.35.